The molecule has 3 rings (SSSR count). The van der Waals surface area contributed by atoms with Crippen LogP contribution in [-0.4, -0.2) is 14.3 Å². The molecule has 0 radical (unpaired) electrons. The summed E-state index contributed by atoms with van der Waals surface area (Å²) in [5.74, 6) is -0.0886. The van der Waals surface area contributed by atoms with Crippen molar-refractivity contribution in [1.29, 1.82) is 0 Å². The first-order valence-corrected chi connectivity index (χ1v) is 11.7. The van der Waals surface area contributed by atoms with Crippen LogP contribution < -0.4 is 10.0 Å². The maximum atomic E-state index is 12.8. The first-order chi connectivity index (χ1) is 13.9. The molecule has 0 bridgehead atoms. The highest BCUT2D eigenvalue weighted by molar-refractivity contribution is 7.89. The number of nitrogens with one attached hydrogen (secondary N) is 2. The Balaban J connectivity index is 1.75. The third-order valence-corrected chi connectivity index (χ3v) is 6.87. The average Bonchev–Trinajstić information content (AvgIpc) is 3.25. The van der Waals surface area contributed by atoms with Crippen LogP contribution in [0.3, 0.4) is 0 Å². The molecule has 152 valence electrons. The molecule has 0 fully saturated rings. The van der Waals surface area contributed by atoms with Crippen molar-refractivity contribution < 1.29 is 13.2 Å². The van der Waals surface area contributed by atoms with Gasteiger partial charge in [-0.15, -0.1) is 11.3 Å². The van der Waals surface area contributed by atoms with Crippen molar-refractivity contribution >= 4 is 27.3 Å². The van der Waals surface area contributed by atoms with E-state index in [1.54, 1.807) is 23.5 Å². The van der Waals surface area contributed by atoms with E-state index in [0.29, 0.717) is 5.56 Å². The summed E-state index contributed by atoms with van der Waals surface area (Å²) >= 11 is 1.59. The van der Waals surface area contributed by atoms with E-state index >= 15 is 0 Å². The molecule has 1 atom stereocenters. The number of hydrogen-bond acceptors (Lipinski definition) is 4. The zero-order chi connectivity index (χ0) is 20.9. The lowest BCUT2D eigenvalue weighted by Gasteiger charge is -2.21. The van der Waals surface area contributed by atoms with Crippen LogP contribution in [-0.2, 0) is 16.6 Å². The van der Waals surface area contributed by atoms with Crippen LogP contribution in [0.25, 0.3) is 0 Å². The van der Waals surface area contributed by atoms with Gasteiger partial charge in [0.25, 0.3) is 5.91 Å². The van der Waals surface area contributed by atoms with Gasteiger partial charge in [0.2, 0.25) is 10.0 Å². The highest BCUT2D eigenvalue weighted by Gasteiger charge is 2.21. The summed E-state index contributed by atoms with van der Waals surface area (Å²) in [7, 11) is -3.73. The van der Waals surface area contributed by atoms with Gasteiger partial charge in [-0.2, -0.15) is 0 Å². The van der Waals surface area contributed by atoms with E-state index in [1.807, 2.05) is 61.7 Å². The van der Waals surface area contributed by atoms with Crippen LogP contribution in [0, 0.1) is 5.92 Å². The molecule has 0 spiro atoms. The SMILES string of the molecule is CC(C)C(NC(=O)c1cccc(S(=O)(=O)NCc2ccccc2)c1)c1cccs1. The number of carbonyl (C=O) groups is 1. The summed E-state index contributed by atoms with van der Waals surface area (Å²) in [5.41, 5.74) is 1.18. The fraction of sp³-hybridized carbons (Fsp3) is 0.227. The van der Waals surface area contributed by atoms with Crippen molar-refractivity contribution in [3.8, 4) is 0 Å². The van der Waals surface area contributed by atoms with Crippen molar-refractivity contribution in [2.45, 2.75) is 31.3 Å². The third kappa shape index (κ3) is 5.53. The lowest BCUT2D eigenvalue weighted by molar-refractivity contribution is 0.0926. The van der Waals surface area contributed by atoms with Crippen LogP contribution >= 0.6 is 11.3 Å². The van der Waals surface area contributed by atoms with Gasteiger partial charge < -0.3 is 5.32 Å². The van der Waals surface area contributed by atoms with Gasteiger partial charge in [0.05, 0.1) is 10.9 Å². The molecule has 2 N–H and O–H groups in total. The Kier molecular flexibility index (Phi) is 6.84. The minimum atomic E-state index is -3.73. The Morgan fingerprint density at radius 3 is 2.41 bits per heavy atom. The molecule has 1 amide bonds. The Bertz CT molecular complexity index is 1050. The van der Waals surface area contributed by atoms with E-state index in [4.69, 9.17) is 0 Å². The minimum Gasteiger partial charge on any atom is -0.344 e. The fourth-order valence-corrected chi connectivity index (χ4v) is 4.93. The van der Waals surface area contributed by atoms with Crippen molar-refractivity contribution in [2.24, 2.45) is 5.92 Å². The number of thiophene rings is 1. The highest BCUT2D eigenvalue weighted by Crippen LogP contribution is 2.26. The molecule has 0 saturated carbocycles. The molecule has 29 heavy (non-hydrogen) atoms. The van der Waals surface area contributed by atoms with Gasteiger partial charge in [-0.05, 0) is 41.1 Å². The normalized spacial score (nSPS) is 12.7. The lowest BCUT2D eigenvalue weighted by Crippen LogP contribution is -2.31. The van der Waals surface area contributed by atoms with E-state index in [2.05, 4.69) is 10.0 Å². The maximum Gasteiger partial charge on any atom is 0.251 e. The maximum absolute atomic E-state index is 12.8. The van der Waals surface area contributed by atoms with E-state index in [1.165, 1.54) is 12.1 Å². The van der Waals surface area contributed by atoms with Crippen molar-refractivity contribution in [3.63, 3.8) is 0 Å². The zero-order valence-electron chi connectivity index (χ0n) is 16.3. The second kappa shape index (κ2) is 9.35. The largest absolute Gasteiger partial charge is 0.344 e. The Labute approximate surface area is 175 Å². The number of benzene rings is 2. The summed E-state index contributed by atoms with van der Waals surface area (Å²) in [6.45, 7) is 4.27. The van der Waals surface area contributed by atoms with Gasteiger partial charge in [-0.1, -0.05) is 56.3 Å². The number of sulfonamides is 1. The molecule has 7 heteroatoms. The van der Waals surface area contributed by atoms with Crippen LogP contribution in [0.15, 0.2) is 77.0 Å². The van der Waals surface area contributed by atoms with Crippen LogP contribution in [0.1, 0.15) is 40.7 Å². The quantitative estimate of drug-likeness (QED) is 0.560. The van der Waals surface area contributed by atoms with Gasteiger partial charge in [0.15, 0.2) is 0 Å². The number of carbonyl (C=O) groups excluding carboxylic acids is 1. The van der Waals surface area contributed by atoms with E-state index in [-0.39, 0.29) is 29.3 Å². The van der Waals surface area contributed by atoms with Crippen molar-refractivity contribution in [2.75, 3.05) is 0 Å². The standard InChI is InChI=1S/C22H24N2O3S2/c1-16(2)21(20-12-7-13-28-20)24-22(25)18-10-6-11-19(14-18)29(26,27)23-15-17-8-4-3-5-9-17/h3-14,16,21,23H,15H2,1-2H3,(H,24,25). The first-order valence-electron chi connectivity index (χ1n) is 9.35. The van der Waals surface area contributed by atoms with Gasteiger partial charge >= 0.3 is 0 Å². The molecule has 0 aliphatic heterocycles. The fourth-order valence-electron chi connectivity index (χ4n) is 2.92. The van der Waals surface area contributed by atoms with Gasteiger partial charge in [0, 0.05) is 17.0 Å². The summed E-state index contributed by atoms with van der Waals surface area (Å²) in [6, 6.07) is 19.2. The van der Waals surface area contributed by atoms with Crippen LogP contribution in [0.5, 0.6) is 0 Å². The molecule has 0 saturated heterocycles. The van der Waals surface area contributed by atoms with Gasteiger partial charge in [0.1, 0.15) is 0 Å². The zero-order valence-corrected chi connectivity index (χ0v) is 18.0. The number of hydrogen-bond donors (Lipinski definition) is 2. The summed E-state index contributed by atoms with van der Waals surface area (Å²) in [5, 5.41) is 5.00. The predicted molar refractivity (Wildman–Crippen MR) is 116 cm³/mol. The van der Waals surface area contributed by atoms with Crippen LogP contribution in [0.2, 0.25) is 0 Å². The molecule has 0 aliphatic carbocycles. The first kappa shape index (κ1) is 21.2. The predicted octanol–water partition coefficient (Wildman–Crippen LogP) is 4.35. The molecule has 1 heterocycles. The van der Waals surface area contributed by atoms with Crippen LogP contribution in [0.4, 0.5) is 0 Å². The second-order valence-electron chi connectivity index (χ2n) is 7.05. The molecule has 1 aromatic heterocycles. The average molecular weight is 429 g/mol. The van der Waals surface area contributed by atoms with Gasteiger partial charge in [-0.3, -0.25) is 4.79 Å². The topological polar surface area (TPSA) is 75.3 Å². The Morgan fingerprint density at radius 1 is 1.00 bits per heavy atom. The van der Waals surface area contributed by atoms with Crippen molar-refractivity contribution in [3.05, 3.63) is 88.1 Å². The minimum absolute atomic E-state index is 0.0679. The molecule has 3 aromatic rings. The van der Waals surface area contributed by atoms with E-state index in [0.717, 1.165) is 10.4 Å². The summed E-state index contributed by atoms with van der Waals surface area (Å²) < 4.78 is 27.9. The molecular formula is C22H24N2O3S2. The monoisotopic (exact) mass is 428 g/mol. The third-order valence-electron chi connectivity index (χ3n) is 4.52. The molecule has 5 nitrogen and oxygen atoms in total. The van der Waals surface area contributed by atoms with E-state index in [9.17, 15) is 13.2 Å². The van der Waals surface area contributed by atoms with Gasteiger partial charge in [-0.25, -0.2) is 13.1 Å². The molecule has 1 unspecified atom stereocenters. The second-order valence-corrected chi connectivity index (χ2v) is 9.79. The molecule has 0 aliphatic rings. The Morgan fingerprint density at radius 2 is 1.76 bits per heavy atom. The number of amides is 1. The summed E-state index contributed by atoms with van der Waals surface area (Å²) in [4.78, 5) is 13.9. The lowest BCUT2D eigenvalue weighted by atomic mass is 10.0. The number of rotatable bonds is 8. The Hall–Kier alpha value is -2.48. The van der Waals surface area contributed by atoms with Crippen molar-refractivity contribution in [1.82, 2.24) is 10.0 Å². The highest BCUT2D eigenvalue weighted by atomic mass is 32.2. The molecule has 2 aromatic carbocycles. The smallest absolute Gasteiger partial charge is 0.251 e. The molecular weight excluding hydrogens is 404 g/mol. The van der Waals surface area contributed by atoms with E-state index < -0.39 is 10.0 Å². The summed E-state index contributed by atoms with van der Waals surface area (Å²) in [6.07, 6.45) is 0.